The second kappa shape index (κ2) is 9.35. The third-order valence-electron chi connectivity index (χ3n) is 7.42. The zero-order valence-corrected chi connectivity index (χ0v) is 19.4. The Bertz CT molecular complexity index is 973. The molecular weight excluding hydrogens is 420 g/mol. The minimum Gasteiger partial charge on any atom is -0.463 e. The Morgan fingerprint density at radius 2 is 1.88 bits per heavy atom. The number of rotatable bonds is 7. The van der Waals surface area contributed by atoms with Gasteiger partial charge in [-0.1, -0.05) is 12.8 Å². The molecule has 2 amide bonds. The summed E-state index contributed by atoms with van der Waals surface area (Å²) in [4.78, 5) is 31.5. The van der Waals surface area contributed by atoms with Crippen molar-refractivity contribution >= 4 is 11.8 Å². The normalized spacial score (nSPS) is 24.3. The highest BCUT2D eigenvalue weighted by Gasteiger charge is 2.48. The highest BCUT2D eigenvalue weighted by Crippen LogP contribution is 2.34. The third kappa shape index (κ3) is 4.34. The van der Waals surface area contributed by atoms with Crippen LogP contribution >= 0.6 is 0 Å². The molecule has 0 unspecified atom stereocenters. The predicted molar refractivity (Wildman–Crippen MR) is 124 cm³/mol. The van der Waals surface area contributed by atoms with E-state index >= 15 is 0 Å². The number of fused-ring (bicyclic) bond motifs is 1. The highest BCUT2D eigenvalue weighted by atomic mass is 16.5. The summed E-state index contributed by atoms with van der Waals surface area (Å²) < 4.78 is 13.0. The van der Waals surface area contributed by atoms with Gasteiger partial charge in [0, 0.05) is 32.2 Å². The average molecular weight is 455 g/mol. The molecule has 33 heavy (non-hydrogen) atoms. The fraction of sp³-hybridized carbons (Fsp3) is 0.600. The van der Waals surface area contributed by atoms with E-state index in [1.165, 1.54) is 0 Å². The van der Waals surface area contributed by atoms with Crippen molar-refractivity contribution in [3.8, 4) is 11.5 Å². The number of hydrogen-bond donors (Lipinski definition) is 1. The molecule has 1 saturated heterocycles. The summed E-state index contributed by atoms with van der Waals surface area (Å²) in [5, 5.41) is 3.26. The van der Waals surface area contributed by atoms with Crippen molar-refractivity contribution in [3.63, 3.8) is 0 Å². The fourth-order valence-corrected chi connectivity index (χ4v) is 5.45. The molecule has 1 atom stereocenters. The monoisotopic (exact) mass is 454 g/mol. The van der Waals surface area contributed by atoms with E-state index < -0.39 is 5.54 Å². The van der Waals surface area contributed by atoms with Crippen LogP contribution in [0.5, 0.6) is 0 Å². The number of aromatic nitrogens is 1. The summed E-state index contributed by atoms with van der Waals surface area (Å²) >= 11 is 0. The van der Waals surface area contributed by atoms with Crippen LogP contribution in [0.4, 0.5) is 0 Å². The largest absolute Gasteiger partial charge is 0.463 e. The van der Waals surface area contributed by atoms with Gasteiger partial charge in [0.05, 0.1) is 31.7 Å². The van der Waals surface area contributed by atoms with Gasteiger partial charge >= 0.3 is 0 Å². The molecule has 3 aliphatic rings. The van der Waals surface area contributed by atoms with Gasteiger partial charge in [-0.05, 0) is 50.5 Å². The lowest BCUT2D eigenvalue weighted by Gasteiger charge is -2.45. The molecular formula is C25H34N4O4. The van der Waals surface area contributed by atoms with Gasteiger partial charge in [-0.2, -0.15) is 0 Å². The molecule has 2 aromatic heterocycles. The van der Waals surface area contributed by atoms with E-state index in [0.717, 1.165) is 70.6 Å². The molecule has 8 heteroatoms. The Balaban J connectivity index is 1.40. The van der Waals surface area contributed by atoms with Crippen LogP contribution in [0.1, 0.15) is 49.5 Å². The van der Waals surface area contributed by atoms with E-state index in [1.54, 1.807) is 11.2 Å². The zero-order valence-electron chi connectivity index (χ0n) is 19.4. The van der Waals surface area contributed by atoms with Crippen molar-refractivity contribution < 1.29 is 18.7 Å². The first kappa shape index (κ1) is 22.2. The van der Waals surface area contributed by atoms with E-state index in [9.17, 15) is 9.59 Å². The number of ether oxygens (including phenoxy) is 1. The van der Waals surface area contributed by atoms with E-state index in [0.29, 0.717) is 24.5 Å². The van der Waals surface area contributed by atoms with Gasteiger partial charge in [-0.3, -0.25) is 14.5 Å². The number of amides is 2. The number of carbonyl (C=O) groups excluding carboxylic acids is 2. The quantitative estimate of drug-likeness (QED) is 0.696. The van der Waals surface area contributed by atoms with Gasteiger partial charge in [0.2, 0.25) is 5.91 Å². The van der Waals surface area contributed by atoms with Gasteiger partial charge in [0.15, 0.2) is 0 Å². The van der Waals surface area contributed by atoms with E-state index in [-0.39, 0.29) is 17.9 Å². The summed E-state index contributed by atoms with van der Waals surface area (Å²) in [6.45, 7) is 7.12. The molecule has 0 aromatic carbocycles. The van der Waals surface area contributed by atoms with Crippen molar-refractivity contribution in [2.24, 2.45) is 0 Å². The smallest absolute Gasteiger partial charge is 0.271 e. The first-order valence-electron chi connectivity index (χ1n) is 12.2. The number of carbonyl (C=O) groups is 2. The Morgan fingerprint density at radius 3 is 2.61 bits per heavy atom. The molecule has 0 radical (unpaired) electrons. The number of furan rings is 1. The van der Waals surface area contributed by atoms with Crippen LogP contribution in [0.15, 0.2) is 34.9 Å². The maximum absolute atomic E-state index is 13.7. The molecule has 0 spiro atoms. The number of nitrogens with zero attached hydrogens (tertiary/aromatic N) is 3. The van der Waals surface area contributed by atoms with Gasteiger partial charge < -0.3 is 23.9 Å². The summed E-state index contributed by atoms with van der Waals surface area (Å²) in [5.41, 5.74) is 0.480. The van der Waals surface area contributed by atoms with Gasteiger partial charge in [0.25, 0.3) is 5.91 Å². The van der Waals surface area contributed by atoms with Crippen molar-refractivity contribution in [3.05, 3.63) is 36.2 Å². The molecule has 8 nitrogen and oxygen atoms in total. The lowest BCUT2D eigenvalue weighted by molar-refractivity contribution is -0.133. The van der Waals surface area contributed by atoms with Gasteiger partial charge in [0.1, 0.15) is 17.0 Å². The van der Waals surface area contributed by atoms with E-state index in [2.05, 4.69) is 10.2 Å². The maximum Gasteiger partial charge on any atom is 0.271 e. The molecule has 2 aliphatic heterocycles. The zero-order chi connectivity index (χ0) is 22.8. The van der Waals surface area contributed by atoms with Crippen LogP contribution in [0.25, 0.3) is 11.5 Å². The maximum atomic E-state index is 13.7. The fourth-order valence-electron chi connectivity index (χ4n) is 5.45. The molecule has 2 aromatic rings. The lowest BCUT2D eigenvalue weighted by Crippen LogP contribution is -2.65. The molecule has 178 valence electrons. The first-order chi connectivity index (χ1) is 16.1. The van der Waals surface area contributed by atoms with E-state index in [4.69, 9.17) is 9.15 Å². The topological polar surface area (TPSA) is 80.0 Å². The average Bonchev–Trinajstić information content (AvgIpc) is 3.58. The summed E-state index contributed by atoms with van der Waals surface area (Å²) in [6.07, 6.45) is 6.77. The van der Waals surface area contributed by atoms with Crippen LogP contribution in [-0.4, -0.2) is 77.2 Å². The minimum atomic E-state index is -0.960. The summed E-state index contributed by atoms with van der Waals surface area (Å²) in [6, 6.07) is 7.69. The van der Waals surface area contributed by atoms with Crippen molar-refractivity contribution in [1.29, 1.82) is 0 Å². The summed E-state index contributed by atoms with van der Waals surface area (Å²) in [5.74, 6) is 0.553. The standard InChI is InChI=1S/C25H34N4O4/c1-25(24(31)26-19-6-2-3-7-19)18-28-20(22-8-4-15-33-22)9-10-21(28)23(30)29(25)12-5-11-27-13-16-32-17-14-27/h4,8-10,15,19H,2-3,5-7,11-14,16-18H2,1H3,(H,26,31)/t25-/m0/s1. The molecule has 0 bridgehead atoms. The molecule has 2 fully saturated rings. The second-order valence-corrected chi connectivity index (χ2v) is 9.66. The molecule has 4 heterocycles. The van der Waals surface area contributed by atoms with Gasteiger partial charge in [-0.25, -0.2) is 0 Å². The minimum absolute atomic E-state index is 0.0566. The van der Waals surface area contributed by atoms with Crippen molar-refractivity contribution in [2.45, 2.75) is 57.2 Å². The Kier molecular flexibility index (Phi) is 6.29. The molecule has 1 N–H and O–H groups in total. The molecule has 1 aliphatic carbocycles. The lowest BCUT2D eigenvalue weighted by atomic mass is 9.93. The van der Waals surface area contributed by atoms with Crippen LogP contribution in [0.3, 0.4) is 0 Å². The van der Waals surface area contributed by atoms with Crippen molar-refractivity contribution in [2.75, 3.05) is 39.4 Å². The molecule has 5 rings (SSSR count). The second-order valence-electron chi connectivity index (χ2n) is 9.66. The first-order valence-corrected chi connectivity index (χ1v) is 12.2. The van der Waals surface area contributed by atoms with Crippen LogP contribution in [0, 0.1) is 0 Å². The Labute approximate surface area is 194 Å². The highest BCUT2D eigenvalue weighted by molar-refractivity contribution is 6.00. The number of morpholine rings is 1. The van der Waals surface area contributed by atoms with Crippen LogP contribution in [0.2, 0.25) is 0 Å². The number of nitrogens with one attached hydrogen (secondary N) is 1. The third-order valence-corrected chi connectivity index (χ3v) is 7.42. The van der Waals surface area contributed by atoms with Crippen LogP contribution in [-0.2, 0) is 16.1 Å². The summed E-state index contributed by atoms with van der Waals surface area (Å²) in [7, 11) is 0. The number of hydrogen-bond acceptors (Lipinski definition) is 5. The van der Waals surface area contributed by atoms with Crippen LogP contribution < -0.4 is 5.32 Å². The Morgan fingerprint density at radius 1 is 1.12 bits per heavy atom. The Hall–Kier alpha value is -2.58. The van der Waals surface area contributed by atoms with Gasteiger partial charge in [-0.15, -0.1) is 0 Å². The predicted octanol–water partition coefficient (Wildman–Crippen LogP) is 2.74. The van der Waals surface area contributed by atoms with Crippen molar-refractivity contribution in [1.82, 2.24) is 19.7 Å². The SMILES string of the molecule is C[C@@]1(C(=O)NC2CCCC2)Cn2c(ccc2-c2ccco2)C(=O)N1CCCN1CCOCC1. The van der Waals surface area contributed by atoms with E-state index in [1.807, 2.05) is 35.8 Å². The molecule has 1 saturated carbocycles.